The van der Waals surface area contributed by atoms with Gasteiger partial charge < -0.3 is 10.3 Å². The lowest BCUT2D eigenvalue weighted by atomic mass is 10.0. The maximum absolute atomic E-state index is 10.1. The van der Waals surface area contributed by atoms with Crippen LogP contribution in [0.25, 0.3) is 0 Å². The molecule has 0 rings (SSSR count). The van der Waals surface area contributed by atoms with Crippen molar-refractivity contribution in [3.8, 4) is 0 Å². The Morgan fingerprint density at radius 1 is 1.42 bits per heavy atom. The van der Waals surface area contributed by atoms with E-state index in [0.717, 1.165) is 19.1 Å². The third-order valence-electron chi connectivity index (χ3n) is 1.71. The Bertz CT molecular complexity index is 135. The van der Waals surface area contributed by atoms with Crippen LogP contribution in [0.3, 0.4) is 0 Å². The summed E-state index contributed by atoms with van der Waals surface area (Å²) >= 11 is 0. The molecule has 0 saturated carbocycles. The van der Waals surface area contributed by atoms with Gasteiger partial charge in [-0.1, -0.05) is 18.6 Å². The molecule has 2 nitrogen and oxygen atoms in total. The van der Waals surface area contributed by atoms with E-state index in [1.807, 2.05) is 0 Å². The van der Waals surface area contributed by atoms with Gasteiger partial charge in [-0.15, -0.1) is 0 Å². The molecular formula is C10H20O2. The molecule has 0 aromatic rings. The normalized spacial score (nSPS) is 11.2. The van der Waals surface area contributed by atoms with Gasteiger partial charge in [0.2, 0.25) is 0 Å². The van der Waals surface area contributed by atoms with Gasteiger partial charge in [0.05, 0.1) is 0 Å². The van der Waals surface area contributed by atoms with Gasteiger partial charge in [0.25, 0.3) is 0 Å². The summed E-state index contributed by atoms with van der Waals surface area (Å²) in [4.78, 5) is 10.1. The van der Waals surface area contributed by atoms with Gasteiger partial charge in [-0.05, 0) is 32.6 Å². The van der Waals surface area contributed by atoms with E-state index in [1.165, 1.54) is 5.57 Å². The minimum Gasteiger partial charge on any atom is -0.412 e. The molecule has 0 aliphatic rings. The molecule has 0 amide bonds. The fraction of sp³-hybridized carbons (Fsp3) is 0.700. The summed E-state index contributed by atoms with van der Waals surface area (Å²) in [7, 11) is 0. The average Bonchev–Trinajstić information content (AvgIpc) is 1.87. The Kier molecular flexibility index (Phi) is 9.83. The summed E-state index contributed by atoms with van der Waals surface area (Å²) in [5.74, 6) is 0.545. The minimum atomic E-state index is 0. The van der Waals surface area contributed by atoms with Crippen molar-refractivity contribution in [2.24, 2.45) is 5.92 Å². The largest absolute Gasteiger partial charge is 0.412 e. The molecule has 72 valence electrons. The molecule has 0 saturated heterocycles. The number of carbonyl (C=O) groups excluding carboxylic acids is 1. The molecule has 0 bridgehead atoms. The summed E-state index contributed by atoms with van der Waals surface area (Å²) in [6.07, 6.45) is 6.17. The van der Waals surface area contributed by atoms with Gasteiger partial charge in [0.1, 0.15) is 6.29 Å². The predicted octanol–water partition coefficient (Wildman–Crippen LogP) is 2.13. The Morgan fingerprint density at radius 3 is 2.42 bits per heavy atom. The zero-order chi connectivity index (χ0) is 8.69. The number of carbonyl (C=O) groups is 1. The average molecular weight is 172 g/mol. The highest BCUT2D eigenvalue weighted by Crippen LogP contribution is 2.09. The van der Waals surface area contributed by atoms with E-state index < -0.39 is 0 Å². The van der Waals surface area contributed by atoms with E-state index in [4.69, 9.17) is 0 Å². The molecular weight excluding hydrogens is 152 g/mol. The summed E-state index contributed by atoms with van der Waals surface area (Å²) in [6.45, 7) is 6.32. The third-order valence-corrected chi connectivity index (χ3v) is 1.71. The van der Waals surface area contributed by atoms with E-state index >= 15 is 0 Å². The lowest BCUT2D eigenvalue weighted by molar-refractivity contribution is -0.108. The molecule has 2 N–H and O–H groups in total. The van der Waals surface area contributed by atoms with Crippen LogP contribution in [0.1, 0.15) is 40.0 Å². The van der Waals surface area contributed by atoms with Crippen LogP contribution in [-0.2, 0) is 4.79 Å². The third kappa shape index (κ3) is 9.37. The van der Waals surface area contributed by atoms with Crippen LogP contribution in [0.2, 0.25) is 0 Å². The first kappa shape index (κ1) is 13.9. The van der Waals surface area contributed by atoms with Crippen molar-refractivity contribution in [2.75, 3.05) is 0 Å². The number of hydrogen-bond donors (Lipinski definition) is 0. The zero-order valence-electron chi connectivity index (χ0n) is 8.26. The van der Waals surface area contributed by atoms with Crippen molar-refractivity contribution in [3.05, 3.63) is 11.6 Å². The lowest BCUT2D eigenvalue weighted by Crippen LogP contribution is -1.93. The molecule has 0 unspecified atom stereocenters. The molecule has 0 aliphatic heterocycles. The smallest absolute Gasteiger partial charge is 0.120 e. The second-order valence-corrected chi connectivity index (χ2v) is 3.37. The monoisotopic (exact) mass is 172 g/mol. The van der Waals surface area contributed by atoms with Crippen LogP contribution in [0, 0.1) is 5.92 Å². The van der Waals surface area contributed by atoms with Crippen molar-refractivity contribution in [3.63, 3.8) is 0 Å². The fourth-order valence-electron chi connectivity index (χ4n) is 0.939. The first-order valence-corrected chi connectivity index (χ1v) is 4.23. The molecule has 0 radical (unpaired) electrons. The van der Waals surface area contributed by atoms with Gasteiger partial charge in [0, 0.05) is 6.42 Å². The minimum absolute atomic E-state index is 0. The van der Waals surface area contributed by atoms with Crippen LogP contribution >= 0.6 is 0 Å². The van der Waals surface area contributed by atoms with Crippen LogP contribution in [0.5, 0.6) is 0 Å². The van der Waals surface area contributed by atoms with Gasteiger partial charge >= 0.3 is 0 Å². The molecule has 0 aliphatic carbocycles. The number of aldehydes is 1. The van der Waals surface area contributed by atoms with E-state index in [2.05, 4.69) is 26.8 Å². The summed E-state index contributed by atoms with van der Waals surface area (Å²) in [5, 5.41) is 0. The quantitative estimate of drug-likeness (QED) is 0.463. The topological polar surface area (TPSA) is 48.6 Å². The van der Waals surface area contributed by atoms with E-state index in [0.29, 0.717) is 12.3 Å². The van der Waals surface area contributed by atoms with Crippen LogP contribution in [0.4, 0.5) is 0 Å². The van der Waals surface area contributed by atoms with Crippen molar-refractivity contribution < 1.29 is 10.3 Å². The highest BCUT2D eigenvalue weighted by molar-refractivity contribution is 5.49. The van der Waals surface area contributed by atoms with Crippen molar-refractivity contribution in [1.82, 2.24) is 0 Å². The second-order valence-electron chi connectivity index (χ2n) is 3.37. The first-order chi connectivity index (χ1) is 5.16. The highest BCUT2D eigenvalue weighted by Gasteiger charge is 1.98. The van der Waals surface area contributed by atoms with Crippen molar-refractivity contribution in [2.45, 2.75) is 40.0 Å². The standard InChI is InChI=1S/C10H18O.H2O/c1-9(2)5-4-6-10(3)7-8-11;/h5,8,10H,4,6-7H2,1-3H3;1H2/t10-;/m1./s1. The van der Waals surface area contributed by atoms with Gasteiger partial charge in [0.15, 0.2) is 0 Å². The second kappa shape index (κ2) is 8.47. The zero-order valence-corrected chi connectivity index (χ0v) is 8.26. The number of hydrogen-bond acceptors (Lipinski definition) is 1. The van der Waals surface area contributed by atoms with Crippen LogP contribution in [-0.4, -0.2) is 11.8 Å². The number of rotatable bonds is 5. The Balaban J connectivity index is 0. The molecule has 0 fully saturated rings. The SMILES string of the molecule is CC(C)=CCC[C@@H](C)CC=O.O. The van der Waals surface area contributed by atoms with Gasteiger partial charge in [-0.3, -0.25) is 0 Å². The molecule has 0 aromatic carbocycles. The van der Waals surface area contributed by atoms with E-state index in [-0.39, 0.29) is 5.48 Å². The highest BCUT2D eigenvalue weighted by atomic mass is 16.1. The van der Waals surface area contributed by atoms with E-state index in [1.54, 1.807) is 0 Å². The van der Waals surface area contributed by atoms with Crippen LogP contribution < -0.4 is 0 Å². The maximum atomic E-state index is 10.1. The van der Waals surface area contributed by atoms with E-state index in [9.17, 15) is 4.79 Å². The van der Waals surface area contributed by atoms with Gasteiger partial charge in [-0.2, -0.15) is 0 Å². The fourth-order valence-corrected chi connectivity index (χ4v) is 0.939. The molecule has 12 heavy (non-hydrogen) atoms. The molecule has 2 heteroatoms. The Morgan fingerprint density at radius 2 is 2.00 bits per heavy atom. The Labute approximate surface area is 75.0 Å². The maximum Gasteiger partial charge on any atom is 0.120 e. The molecule has 1 atom stereocenters. The summed E-state index contributed by atoms with van der Waals surface area (Å²) < 4.78 is 0. The molecule has 0 spiro atoms. The first-order valence-electron chi connectivity index (χ1n) is 4.23. The van der Waals surface area contributed by atoms with Crippen LogP contribution in [0.15, 0.2) is 11.6 Å². The van der Waals surface area contributed by atoms with Gasteiger partial charge in [-0.25, -0.2) is 0 Å². The predicted molar refractivity (Wildman–Crippen MR) is 52.1 cm³/mol. The molecule has 0 heterocycles. The summed E-state index contributed by atoms with van der Waals surface area (Å²) in [6, 6.07) is 0. The van der Waals surface area contributed by atoms with Crippen molar-refractivity contribution >= 4 is 6.29 Å². The molecule has 0 aromatic heterocycles. The van der Waals surface area contributed by atoms with Crippen molar-refractivity contribution in [1.29, 1.82) is 0 Å². The Hall–Kier alpha value is -0.630. The summed E-state index contributed by atoms with van der Waals surface area (Å²) in [5.41, 5.74) is 1.36. The number of allylic oxidation sites excluding steroid dienone is 2. The lowest BCUT2D eigenvalue weighted by Gasteiger charge is -2.03.